The normalized spacial score (nSPS) is 10.7. The molecule has 2 N–H and O–H groups in total. The molecule has 0 spiro atoms. The number of carbonyl (C=O) groups excluding carboxylic acids is 1. The molecule has 2 heterocycles. The average molecular weight is 422 g/mol. The highest BCUT2D eigenvalue weighted by molar-refractivity contribution is 7.20. The number of anilines is 3. The molecule has 5 rings (SSSR count). The molecular weight excluding hydrogens is 402 g/mol. The number of nitrogens with one attached hydrogen (secondary N) is 2. The molecule has 0 saturated heterocycles. The molecule has 0 atom stereocenters. The Morgan fingerprint density at radius 2 is 1.65 bits per heavy atom. The van der Waals surface area contributed by atoms with Crippen LogP contribution in [0.2, 0.25) is 0 Å². The Labute approximate surface area is 184 Å². The zero-order valence-corrected chi connectivity index (χ0v) is 17.4. The summed E-state index contributed by atoms with van der Waals surface area (Å²) >= 11 is 1.50. The van der Waals surface area contributed by atoms with Crippen LogP contribution in [-0.4, -0.2) is 10.9 Å². The van der Waals surface area contributed by atoms with Gasteiger partial charge in [-0.2, -0.15) is 0 Å². The lowest BCUT2D eigenvalue weighted by Crippen LogP contribution is -2.10. The van der Waals surface area contributed by atoms with Crippen molar-refractivity contribution in [3.63, 3.8) is 0 Å². The fraction of sp³-hybridized carbons (Fsp3) is 0. The molecule has 1 amide bonds. The number of hydrogen-bond acceptors (Lipinski definition) is 4. The fourth-order valence-corrected chi connectivity index (χ4v) is 4.45. The molecule has 0 saturated carbocycles. The number of pyridine rings is 1. The number of rotatable bonds is 5. The molecule has 0 aliphatic heterocycles. The summed E-state index contributed by atoms with van der Waals surface area (Å²) in [6, 6.07) is 29.8. The van der Waals surface area contributed by atoms with Crippen molar-refractivity contribution in [2.75, 3.05) is 10.6 Å². The zero-order chi connectivity index (χ0) is 21.0. The molecule has 3 aromatic carbocycles. The number of thiophene rings is 1. The number of benzene rings is 3. The van der Waals surface area contributed by atoms with Crippen molar-refractivity contribution in [3.8, 4) is 11.1 Å². The summed E-state index contributed by atoms with van der Waals surface area (Å²) in [4.78, 5) is 17.8. The first-order valence-corrected chi connectivity index (χ1v) is 10.7. The van der Waals surface area contributed by atoms with Gasteiger partial charge in [0.1, 0.15) is 0 Å². The molecule has 0 bridgehead atoms. The minimum Gasteiger partial charge on any atom is -0.354 e. The van der Waals surface area contributed by atoms with Gasteiger partial charge in [0.15, 0.2) is 0 Å². The molecule has 5 heteroatoms. The van der Waals surface area contributed by atoms with Crippen molar-refractivity contribution < 1.29 is 4.79 Å². The van der Waals surface area contributed by atoms with E-state index in [0.29, 0.717) is 4.88 Å². The molecular formula is C26H19N3OS. The van der Waals surface area contributed by atoms with Gasteiger partial charge in [0.2, 0.25) is 0 Å². The Morgan fingerprint density at radius 1 is 0.806 bits per heavy atom. The molecule has 150 valence electrons. The molecule has 0 radical (unpaired) electrons. The third kappa shape index (κ3) is 4.17. The SMILES string of the molecule is O=C(Nc1ccccc1-c1cccc(Nc2cccnc2)c1)c1cc2ccccc2s1. The van der Waals surface area contributed by atoms with Crippen molar-refractivity contribution in [2.24, 2.45) is 0 Å². The van der Waals surface area contributed by atoms with Gasteiger partial charge in [-0.05, 0) is 53.4 Å². The van der Waals surface area contributed by atoms with Crippen LogP contribution in [0.15, 0.2) is 103 Å². The second kappa shape index (κ2) is 8.42. The maximum absolute atomic E-state index is 13.0. The summed E-state index contributed by atoms with van der Waals surface area (Å²) < 4.78 is 1.11. The van der Waals surface area contributed by atoms with Gasteiger partial charge in [-0.3, -0.25) is 9.78 Å². The van der Waals surface area contributed by atoms with Crippen LogP contribution in [-0.2, 0) is 0 Å². The van der Waals surface area contributed by atoms with Gasteiger partial charge in [-0.15, -0.1) is 11.3 Å². The van der Waals surface area contributed by atoms with Crippen molar-refractivity contribution in [2.45, 2.75) is 0 Å². The largest absolute Gasteiger partial charge is 0.354 e. The van der Waals surface area contributed by atoms with Crippen LogP contribution in [0.25, 0.3) is 21.2 Å². The van der Waals surface area contributed by atoms with Gasteiger partial charge < -0.3 is 10.6 Å². The first-order chi connectivity index (χ1) is 15.3. The molecule has 0 unspecified atom stereocenters. The molecule has 31 heavy (non-hydrogen) atoms. The zero-order valence-electron chi connectivity index (χ0n) is 16.6. The van der Waals surface area contributed by atoms with E-state index in [0.717, 1.165) is 38.3 Å². The Balaban J connectivity index is 1.43. The topological polar surface area (TPSA) is 54.0 Å². The van der Waals surface area contributed by atoms with E-state index in [-0.39, 0.29) is 5.91 Å². The lowest BCUT2D eigenvalue weighted by molar-refractivity contribution is 0.103. The van der Waals surface area contributed by atoms with Gasteiger partial charge in [0.05, 0.1) is 16.8 Å². The van der Waals surface area contributed by atoms with Crippen LogP contribution in [0.4, 0.5) is 17.1 Å². The van der Waals surface area contributed by atoms with Crippen LogP contribution >= 0.6 is 11.3 Å². The van der Waals surface area contributed by atoms with Crippen LogP contribution in [0.5, 0.6) is 0 Å². The molecule has 2 aromatic heterocycles. The maximum Gasteiger partial charge on any atom is 0.265 e. The van der Waals surface area contributed by atoms with Gasteiger partial charge in [-0.1, -0.05) is 48.5 Å². The molecule has 0 fully saturated rings. The highest BCUT2D eigenvalue weighted by atomic mass is 32.1. The second-order valence-electron chi connectivity index (χ2n) is 7.10. The minimum atomic E-state index is -0.0988. The Hall–Kier alpha value is -3.96. The smallest absolute Gasteiger partial charge is 0.265 e. The average Bonchev–Trinajstić information content (AvgIpc) is 3.25. The van der Waals surface area contributed by atoms with Crippen molar-refractivity contribution in [3.05, 3.63) is 108 Å². The number of fused-ring (bicyclic) bond motifs is 1. The maximum atomic E-state index is 13.0. The Morgan fingerprint density at radius 3 is 2.52 bits per heavy atom. The van der Waals surface area contributed by atoms with E-state index in [9.17, 15) is 4.79 Å². The summed E-state index contributed by atoms with van der Waals surface area (Å²) in [6.07, 6.45) is 3.53. The summed E-state index contributed by atoms with van der Waals surface area (Å²) in [5.74, 6) is -0.0988. The van der Waals surface area contributed by atoms with Gasteiger partial charge in [0, 0.05) is 27.8 Å². The van der Waals surface area contributed by atoms with E-state index >= 15 is 0 Å². The molecule has 5 aromatic rings. The minimum absolute atomic E-state index is 0.0988. The summed E-state index contributed by atoms with van der Waals surface area (Å²) in [5.41, 5.74) is 4.64. The van der Waals surface area contributed by atoms with Crippen LogP contribution in [0.1, 0.15) is 9.67 Å². The predicted octanol–water partition coefficient (Wildman–Crippen LogP) is 6.96. The monoisotopic (exact) mass is 421 g/mol. The van der Waals surface area contributed by atoms with Gasteiger partial charge in [-0.25, -0.2) is 0 Å². The predicted molar refractivity (Wildman–Crippen MR) is 129 cm³/mol. The Bertz CT molecular complexity index is 1330. The quantitative estimate of drug-likeness (QED) is 0.322. The second-order valence-corrected chi connectivity index (χ2v) is 8.18. The number of amides is 1. The summed E-state index contributed by atoms with van der Waals surface area (Å²) in [5, 5.41) is 7.55. The van der Waals surface area contributed by atoms with E-state index < -0.39 is 0 Å². The molecule has 0 aliphatic carbocycles. The van der Waals surface area contributed by atoms with Crippen LogP contribution in [0.3, 0.4) is 0 Å². The number of nitrogens with zero attached hydrogens (tertiary/aromatic N) is 1. The standard InChI is InChI=1S/C26H19N3OS/c30-26(25-16-19-7-1-4-13-24(19)31-25)29-23-12-3-2-11-22(23)18-8-5-9-20(15-18)28-21-10-6-14-27-17-21/h1-17,28H,(H,29,30). The highest BCUT2D eigenvalue weighted by Gasteiger charge is 2.13. The van der Waals surface area contributed by atoms with E-state index in [4.69, 9.17) is 0 Å². The first-order valence-electron chi connectivity index (χ1n) is 9.93. The van der Waals surface area contributed by atoms with E-state index in [1.165, 1.54) is 11.3 Å². The lowest BCUT2D eigenvalue weighted by Gasteiger charge is -2.13. The highest BCUT2D eigenvalue weighted by Crippen LogP contribution is 2.32. The number of aromatic nitrogens is 1. The van der Waals surface area contributed by atoms with Crippen molar-refractivity contribution in [1.29, 1.82) is 0 Å². The van der Waals surface area contributed by atoms with Crippen LogP contribution in [0, 0.1) is 0 Å². The number of carbonyl (C=O) groups is 1. The summed E-state index contributed by atoms with van der Waals surface area (Å²) in [7, 11) is 0. The third-order valence-electron chi connectivity index (χ3n) is 4.95. The van der Waals surface area contributed by atoms with E-state index in [1.807, 2.05) is 84.9 Å². The number of hydrogen-bond donors (Lipinski definition) is 2. The lowest BCUT2D eigenvalue weighted by atomic mass is 10.0. The molecule has 0 aliphatic rings. The van der Waals surface area contributed by atoms with E-state index in [1.54, 1.807) is 12.4 Å². The van der Waals surface area contributed by atoms with Crippen molar-refractivity contribution >= 4 is 44.4 Å². The van der Waals surface area contributed by atoms with E-state index in [2.05, 4.69) is 21.7 Å². The first kappa shape index (κ1) is 19.0. The number of para-hydroxylation sites is 1. The van der Waals surface area contributed by atoms with Gasteiger partial charge >= 0.3 is 0 Å². The van der Waals surface area contributed by atoms with Gasteiger partial charge in [0.25, 0.3) is 5.91 Å². The summed E-state index contributed by atoms with van der Waals surface area (Å²) in [6.45, 7) is 0. The van der Waals surface area contributed by atoms with Crippen LogP contribution < -0.4 is 10.6 Å². The van der Waals surface area contributed by atoms with Crippen molar-refractivity contribution in [1.82, 2.24) is 4.98 Å². The third-order valence-corrected chi connectivity index (χ3v) is 6.06. The molecule has 4 nitrogen and oxygen atoms in total. The fourth-order valence-electron chi connectivity index (χ4n) is 3.49. The Kier molecular flexibility index (Phi) is 5.17.